The molecule has 26 heavy (non-hydrogen) atoms. The minimum atomic E-state index is 0.661. The predicted molar refractivity (Wildman–Crippen MR) is 106 cm³/mol. The van der Waals surface area contributed by atoms with E-state index in [2.05, 4.69) is 59.2 Å². The van der Waals surface area contributed by atoms with E-state index in [0.717, 1.165) is 23.7 Å². The molecule has 0 saturated heterocycles. The Balaban J connectivity index is 1.49. The molecule has 0 aliphatic carbocycles. The summed E-state index contributed by atoms with van der Waals surface area (Å²) < 4.78 is 1.75. The van der Waals surface area contributed by atoms with Gasteiger partial charge in [0.15, 0.2) is 5.82 Å². The number of benzene rings is 2. The molecule has 4 aromatic rings. The van der Waals surface area contributed by atoms with Gasteiger partial charge >= 0.3 is 0 Å². The average molecular weight is 360 g/mol. The van der Waals surface area contributed by atoms with Crippen LogP contribution in [0.1, 0.15) is 28.2 Å². The molecule has 5 heteroatoms. The van der Waals surface area contributed by atoms with Crippen LogP contribution in [0.4, 0.5) is 0 Å². The maximum atomic E-state index is 4.66. The molecule has 0 N–H and O–H groups in total. The second kappa shape index (κ2) is 7.30. The van der Waals surface area contributed by atoms with Gasteiger partial charge in [0, 0.05) is 23.3 Å². The molecule has 0 atom stereocenters. The summed E-state index contributed by atoms with van der Waals surface area (Å²) in [7, 11) is 0. The number of aromatic nitrogens is 4. The van der Waals surface area contributed by atoms with E-state index in [9.17, 15) is 0 Å². The molecule has 0 unspecified atom stereocenters. The van der Waals surface area contributed by atoms with Gasteiger partial charge in [-0.2, -0.15) is 4.98 Å². The molecule has 0 spiro atoms. The zero-order valence-electron chi connectivity index (χ0n) is 14.9. The highest BCUT2D eigenvalue weighted by Crippen LogP contribution is 2.24. The lowest BCUT2D eigenvalue weighted by Gasteiger charge is -2.05. The molecule has 0 bridgehead atoms. The van der Waals surface area contributed by atoms with Crippen LogP contribution in [0.2, 0.25) is 0 Å². The van der Waals surface area contributed by atoms with E-state index >= 15 is 0 Å². The lowest BCUT2D eigenvalue weighted by Crippen LogP contribution is -1.94. The highest BCUT2D eigenvalue weighted by molar-refractivity contribution is 7.98. The molecule has 0 amide bonds. The molecule has 0 fully saturated rings. The van der Waals surface area contributed by atoms with Gasteiger partial charge in [0.05, 0.1) is 5.69 Å². The lowest BCUT2D eigenvalue weighted by molar-refractivity contribution is 0.886. The van der Waals surface area contributed by atoms with Gasteiger partial charge in [-0.15, -0.1) is 16.9 Å². The summed E-state index contributed by atoms with van der Waals surface area (Å²) in [4.78, 5) is 10.5. The number of nitrogens with zero attached hydrogens (tertiary/aromatic N) is 4. The van der Waals surface area contributed by atoms with Crippen LogP contribution in [0.5, 0.6) is 0 Å². The third-order valence-electron chi connectivity index (χ3n) is 4.38. The molecule has 2 aromatic carbocycles. The number of hydrogen-bond acceptors (Lipinski definition) is 4. The van der Waals surface area contributed by atoms with Crippen LogP contribution in [-0.4, -0.2) is 19.6 Å². The van der Waals surface area contributed by atoms with Crippen LogP contribution >= 0.6 is 11.8 Å². The third kappa shape index (κ3) is 3.78. The largest absolute Gasteiger partial charge is 0.252 e. The van der Waals surface area contributed by atoms with Crippen LogP contribution in [-0.2, 0) is 12.2 Å². The van der Waals surface area contributed by atoms with Gasteiger partial charge < -0.3 is 0 Å². The van der Waals surface area contributed by atoms with Crippen LogP contribution in [0.25, 0.3) is 5.78 Å². The van der Waals surface area contributed by atoms with E-state index in [1.165, 1.54) is 21.6 Å². The Hall–Kier alpha value is -2.66. The van der Waals surface area contributed by atoms with Crippen molar-refractivity contribution in [3.63, 3.8) is 0 Å². The second-order valence-corrected chi connectivity index (χ2v) is 7.44. The molecule has 0 aliphatic heterocycles. The van der Waals surface area contributed by atoms with Crippen molar-refractivity contribution >= 4 is 17.5 Å². The molecule has 0 aliphatic rings. The van der Waals surface area contributed by atoms with Gasteiger partial charge in [0.25, 0.3) is 5.78 Å². The average Bonchev–Trinajstić information content (AvgIpc) is 3.05. The highest BCUT2D eigenvalue weighted by atomic mass is 32.2. The Kier molecular flexibility index (Phi) is 4.71. The minimum Gasteiger partial charge on any atom is -0.215 e. The third-order valence-corrected chi connectivity index (χ3v) is 5.41. The first-order valence-electron chi connectivity index (χ1n) is 8.62. The van der Waals surface area contributed by atoms with Crippen LogP contribution in [0.3, 0.4) is 0 Å². The van der Waals surface area contributed by atoms with Crippen molar-refractivity contribution in [1.82, 2.24) is 19.6 Å². The number of rotatable bonds is 5. The second-order valence-electron chi connectivity index (χ2n) is 6.39. The van der Waals surface area contributed by atoms with Gasteiger partial charge in [-0.3, -0.25) is 0 Å². The number of hydrogen-bond donors (Lipinski definition) is 0. The van der Waals surface area contributed by atoms with Crippen molar-refractivity contribution in [2.24, 2.45) is 0 Å². The van der Waals surface area contributed by atoms with E-state index in [1.54, 1.807) is 16.3 Å². The Bertz CT molecular complexity index is 1040. The topological polar surface area (TPSA) is 43.1 Å². The van der Waals surface area contributed by atoms with Gasteiger partial charge in [-0.25, -0.2) is 9.50 Å². The van der Waals surface area contributed by atoms with Crippen LogP contribution in [0.15, 0.2) is 65.7 Å². The smallest absolute Gasteiger partial charge is 0.215 e. The molecular formula is C21H20N4S. The fourth-order valence-corrected chi connectivity index (χ4v) is 3.65. The van der Waals surface area contributed by atoms with Gasteiger partial charge in [0.1, 0.15) is 0 Å². The van der Waals surface area contributed by atoms with Crippen molar-refractivity contribution in [3.05, 3.63) is 89.0 Å². The fraction of sp³-hybridized carbons (Fsp3) is 0.190. The maximum absolute atomic E-state index is 4.66. The molecule has 130 valence electrons. The summed E-state index contributed by atoms with van der Waals surface area (Å²) in [5, 5.41) is 4.52. The summed E-state index contributed by atoms with van der Waals surface area (Å²) in [6, 6.07) is 18.8. The number of fused-ring (bicyclic) bond motifs is 1. The van der Waals surface area contributed by atoms with E-state index in [4.69, 9.17) is 0 Å². The number of thioether (sulfide) groups is 1. The highest BCUT2D eigenvalue weighted by Gasteiger charge is 2.07. The minimum absolute atomic E-state index is 0.661. The maximum Gasteiger partial charge on any atom is 0.252 e. The van der Waals surface area contributed by atoms with Crippen LogP contribution in [0, 0.1) is 13.8 Å². The summed E-state index contributed by atoms with van der Waals surface area (Å²) >= 11 is 1.79. The van der Waals surface area contributed by atoms with E-state index in [0.29, 0.717) is 5.78 Å². The quantitative estimate of drug-likeness (QED) is 0.487. The van der Waals surface area contributed by atoms with Crippen molar-refractivity contribution in [2.75, 3.05) is 0 Å². The Morgan fingerprint density at radius 3 is 2.58 bits per heavy atom. The summed E-state index contributed by atoms with van der Waals surface area (Å²) in [6.07, 6.45) is 2.66. The van der Waals surface area contributed by atoms with Crippen LogP contribution < -0.4 is 0 Å². The molecule has 0 radical (unpaired) electrons. The first kappa shape index (κ1) is 16.8. The lowest BCUT2D eigenvalue weighted by atomic mass is 10.1. The van der Waals surface area contributed by atoms with Crippen molar-refractivity contribution < 1.29 is 0 Å². The molecular weight excluding hydrogens is 340 g/mol. The van der Waals surface area contributed by atoms with Gasteiger partial charge in [0.2, 0.25) is 0 Å². The standard InChI is InChI=1S/C21H20N4S/c1-15-8-9-19(12-16(15)2)26-14-18-10-11-25-21(22-18)23-20(24-25)13-17-6-4-3-5-7-17/h3-12H,13-14H2,1-2H3. The Morgan fingerprint density at radius 1 is 0.923 bits per heavy atom. The Morgan fingerprint density at radius 2 is 1.77 bits per heavy atom. The van der Waals surface area contributed by atoms with E-state index in [1.807, 2.05) is 30.5 Å². The van der Waals surface area contributed by atoms with E-state index in [-0.39, 0.29) is 0 Å². The first-order valence-corrected chi connectivity index (χ1v) is 9.61. The molecule has 2 heterocycles. The zero-order valence-corrected chi connectivity index (χ0v) is 15.7. The normalized spacial score (nSPS) is 11.2. The SMILES string of the molecule is Cc1ccc(SCc2ccn3nc(Cc4ccccc4)nc3n2)cc1C. The summed E-state index contributed by atoms with van der Waals surface area (Å²) in [5.74, 6) is 2.27. The fourth-order valence-electron chi connectivity index (χ4n) is 2.75. The summed E-state index contributed by atoms with van der Waals surface area (Å²) in [5.41, 5.74) is 4.86. The van der Waals surface area contributed by atoms with Crippen molar-refractivity contribution in [2.45, 2.75) is 30.9 Å². The van der Waals surface area contributed by atoms with Gasteiger partial charge in [-0.05, 0) is 48.7 Å². The first-order chi connectivity index (χ1) is 12.7. The summed E-state index contributed by atoms with van der Waals surface area (Å²) in [6.45, 7) is 4.28. The van der Waals surface area contributed by atoms with Crippen molar-refractivity contribution in [3.8, 4) is 0 Å². The van der Waals surface area contributed by atoms with E-state index < -0.39 is 0 Å². The zero-order chi connectivity index (χ0) is 17.9. The van der Waals surface area contributed by atoms with Crippen molar-refractivity contribution in [1.29, 1.82) is 0 Å². The Labute approximate surface area is 157 Å². The predicted octanol–water partition coefficient (Wildman–Crippen LogP) is 4.62. The monoisotopic (exact) mass is 360 g/mol. The molecule has 2 aromatic heterocycles. The molecule has 0 saturated carbocycles. The molecule has 4 rings (SSSR count). The molecule has 4 nitrogen and oxygen atoms in total. The number of aryl methyl sites for hydroxylation is 2. The van der Waals surface area contributed by atoms with Gasteiger partial charge in [-0.1, -0.05) is 36.4 Å².